The quantitative estimate of drug-likeness (QED) is 0.114. The highest BCUT2D eigenvalue weighted by molar-refractivity contribution is 6.28. The largest absolute Gasteiger partial charge is 0.496 e. The van der Waals surface area contributed by atoms with Gasteiger partial charge in [0.15, 0.2) is 23.1 Å². The minimum absolute atomic E-state index is 0.0347. The second kappa shape index (κ2) is 19.9. The Kier molecular flexibility index (Phi) is 13.7. The van der Waals surface area contributed by atoms with E-state index in [1.54, 1.807) is 36.4 Å². The number of methoxy groups -OCH3 is 3. The van der Waals surface area contributed by atoms with Gasteiger partial charge in [-0.15, -0.1) is 20.4 Å². The van der Waals surface area contributed by atoms with Crippen LogP contribution in [0.1, 0.15) is 42.4 Å². The Hall–Kier alpha value is -7.23. The van der Waals surface area contributed by atoms with Crippen LogP contribution in [-0.2, 0) is 0 Å². The molecule has 0 amide bonds. The van der Waals surface area contributed by atoms with Gasteiger partial charge in [-0.3, -0.25) is 5.32 Å². The molecule has 6 aromatic heterocycles. The van der Waals surface area contributed by atoms with Crippen molar-refractivity contribution in [2.45, 2.75) is 58.5 Å². The van der Waals surface area contributed by atoms with Gasteiger partial charge in [-0.05, 0) is 123 Å². The van der Waals surface area contributed by atoms with Crippen LogP contribution in [0.5, 0.6) is 17.2 Å². The normalized spacial score (nSPS) is 15.7. The highest BCUT2D eigenvalue weighted by Gasteiger charge is 2.29. The summed E-state index contributed by atoms with van der Waals surface area (Å²) in [6.07, 6.45) is 7.71. The predicted octanol–water partition coefficient (Wildman–Crippen LogP) is 6.10. The van der Waals surface area contributed by atoms with Crippen molar-refractivity contribution < 1.29 is 33.3 Å². The number of rotatable bonds is 11. The summed E-state index contributed by atoms with van der Waals surface area (Å²) in [5.41, 5.74) is 11.8. The molecule has 0 bridgehead atoms. The third-order valence-electron chi connectivity index (χ3n) is 11.5. The molecule has 10 rings (SSSR count). The number of ether oxygens (including phenoxy) is 3. The van der Waals surface area contributed by atoms with Gasteiger partial charge in [0, 0.05) is 36.6 Å². The van der Waals surface area contributed by atoms with Gasteiger partial charge in [-0.2, -0.15) is 9.97 Å². The average Bonchev–Trinajstić information content (AvgIpc) is 4.19. The zero-order valence-electron chi connectivity index (χ0n) is 37.3. The van der Waals surface area contributed by atoms with E-state index < -0.39 is 0 Å². The molecule has 2 aliphatic rings. The number of nitrogens with one attached hydrogen (secondary N) is 1. The van der Waals surface area contributed by atoms with Crippen molar-refractivity contribution in [3.63, 3.8) is 0 Å². The Bertz CT molecular complexity index is 2930. The Morgan fingerprint density at radius 3 is 1.89 bits per heavy atom. The molecule has 5 N–H and O–H groups in total. The van der Waals surface area contributed by atoms with Gasteiger partial charge in [-0.25, -0.2) is 9.03 Å². The maximum atomic E-state index is 9.76. The summed E-state index contributed by atoms with van der Waals surface area (Å²) >= 11 is 5.92. The molecule has 0 unspecified atom stereocenters. The van der Waals surface area contributed by atoms with Gasteiger partial charge in [0.2, 0.25) is 17.1 Å². The topological polar surface area (TPSA) is 251 Å². The molecular formula is C44H51ClN14O7. The second-order valence-electron chi connectivity index (χ2n) is 15.6. The smallest absolute Gasteiger partial charge is 0.322 e. The number of benzene rings is 2. The van der Waals surface area contributed by atoms with E-state index in [0.717, 1.165) is 95.0 Å². The van der Waals surface area contributed by atoms with Crippen LogP contribution < -0.4 is 35.1 Å². The minimum Gasteiger partial charge on any atom is -0.496 e. The first-order valence-corrected chi connectivity index (χ1v) is 21.6. The van der Waals surface area contributed by atoms with Crippen LogP contribution in [0.4, 0.5) is 29.6 Å². The predicted molar refractivity (Wildman–Crippen MR) is 247 cm³/mol. The molecule has 0 saturated carbocycles. The van der Waals surface area contributed by atoms with E-state index in [-0.39, 0.29) is 42.6 Å². The van der Waals surface area contributed by atoms with Crippen LogP contribution in [0.3, 0.4) is 0 Å². The minimum atomic E-state index is 0.0347. The van der Waals surface area contributed by atoms with E-state index in [4.69, 9.17) is 45.4 Å². The lowest BCUT2D eigenvalue weighted by molar-refractivity contribution is 0.266. The average molecular weight is 923 g/mol. The molecule has 22 heteroatoms. The van der Waals surface area contributed by atoms with Gasteiger partial charge < -0.3 is 48.8 Å². The fraction of sp³-hybridized carbons (Fsp3) is 0.364. The molecule has 2 atom stereocenters. The number of halogens is 1. The standard InChI is InChI=1S/C22H25N7O3.C11H13ClN4O.C11H13N3O3/c1-13-10-15(11-18(31-3)14(13)2)20-25-26-22(32-20)24-21-23-19(17-7-5-9-29(17)27-21)28-8-4-6-16(28)12-30;12-11-13-10(9-4-2-6-16(9)14-11)15-5-1-3-8(15)7-17;1-6-4-7(10-13-14-11(12)17-10)5-8(15-2)9(6)16-3/h5,7,9-11,16,30H,4,6,8,12H2,1-3H3,(H,24,26,27);2,4,6,8,17H,1,3,5,7H2;4-5H,1-3H3,(H2,12,14)/t16-;8-;/m00./s1. The lowest BCUT2D eigenvalue weighted by atomic mass is 10.0. The van der Waals surface area contributed by atoms with Crippen molar-refractivity contribution in [1.82, 2.24) is 49.6 Å². The zero-order valence-corrected chi connectivity index (χ0v) is 38.1. The Morgan fingerprint density at radius 1 is 0.727 bits per heavy atom. The number of fused-ring (bicyclic) bond motifs is 2. The maximum Gasteiger partial charge on any atom is 0.322 e. The monoisotopic (exact) mass is 922 g/mol. The highest BCUT2D eigenvalue weighted by atomic mass is 35.5. The molecule has 2 saturated heterocycles. The molecule has 2 fully saturated rings. The third-order valence-corrected chi connectivity index (χ3v) is 11.7. The summed E-state index contributed by atoms with van der Waals surface area (Å²) in [7, 11) is 4.80. The molecule has 0 radical (unpaired) electrons. The molecule has 66 heavy (non-hydrogen) atoms. The highest BCUT2D eigenvalue weighted by Crippen LogP contribution is 2.36. The van der Waals surface area contributed by atoms with E-state index in [1.807, 2.05) is 75.6 Å². The Labute approximate surface area is 384 Å². The molecular weight excluding hydrogens is 872 g/mol. The van der Waals surface area contributed by atoms with E-state index in [1.165, 1.54) is 0 Å². The number of nitrogens with two attached hydrogens (primary N) is 1. The molecule has 2 aromatic carbocycles. The summed E-state index contributed by atoms with van der Waals surface area (Å²) < 4.78 is 30.4. The Balaban J connectivity index is 0.000000147. The lowest BCUT2D eigenvalue weighted by Gasteiger charge is -2.25. The van der Waals surface area contributed by atoms with Gasteiger partial charge in [0.25, 0.3) is 5.95 Å². The van der Waals surface area contributed by atoms with Crippen molar-refractivity contribution >= 4 is 52.2 Å². The summed E-state index contributed by atoms with van der Waals surface area (Å²) in [5.74, 6) is 4.70. The van der Waals surface area contributed by atoms with Gasteiger partial charge in [-0.1, -0.05) is 10.2 Å². The Morgan fingerprint density at radius 2 is 1.30 bits per heavy atom. The summed E-state index contributed by atoms with van der Waals surface area (Å²) in [6, 6.07) is 15.6. The molecule has 2 aliphatic heterocycles. The molecule has 21 nitrogen and oxygen atoms in total. The fourth-order valence-electron chi connectivity index (χ4n) is 8.17. The summed E-state index contributed by atoms with van der Waals surface area (Å²) in [5, 5.41) is 46.7. The van der Waals surface area contributed by atoms with Crippen LogP contribution in [0.15, 0.2) is 69.8 Å². The molecule has 0 spiro atoms. The number of nitrogens with zero attached hydrogens (tertiary/aromatic N) is 12. The third kappa shape index (κ3) is 9.44. The molecule has 8 heterocycles. The molecule has 346 valence electrons. The van der Waals surface area contributed by atoms with Crippen molar-refractivity contribution in [2.75, 3.05) is 68.5 Å². The maximum absolute atomic E-state index is 9.76. The number of aliphatic hydroxyl groups excluding tert-OH is 2. The zero-order chi connectivity index (χ0) is 46.5. The van der Waals surface area contributed by atoms with Crippen molar-refractivity contribution in [3.8, 4) is 40.2 Å². The van der Waals surface area contributed by atoms with E-state index in [9.17, 15) is 10.2 Å². The number of hydrogen-bond donors (Lipinski definition) is 4. The number of aliphatic hydroxyl groups is 2. The van der Waals surface area contributed by atoms with Gasteiger partial charge in [0.1, 0.15) is 16.8 Å². The van der Waals surface area contributed by atoms with E-state index in [2.05, 4.69) is 50.7 Å². The SMILES string of the molecule is COc1cc(-c2nnc(N)o2)cc(C)c1OC.COc1cc(-c2nnc(Nc3nc(N4CCC[C@H]4CO)c4cccn4n3)o2)cc(C)c1C.OC[C@@H]1CCCN1c1nc(Cl)nn2cccc12. The van der Waals surface area contributed by atoms with Crippen LogP contribution in [-0.4, -0.2) is 120 Å². The van der Waals surface area contributed by atoms with Crippen LogP contribution >= 0.6 is 11.6 Å². The second-order valence-corrected chi connectivity index (χ2v) is 16.0. The van der Waals surface area contributed by atoms with Crippen molar-refractivity contribution in [2.24, 2.45) is 0 Å². The van der Waals surface area contributed by atoms with Crippen molar-refractivity contribution in [3.05, 3.63) is 82.9 Å². The first-order valence-electron chi connectivity index (χ1n) is 21.2. The fourth-order valence-corrected chi connectivity index (χ4v) is 8.33. The number of anilines is 5. The van der Waals surface area contributed by atoms with Crippen molar-refractivity contribution in [1.29, 1.82) is 0 Å². The number of aryl methyl sites for hydroxylation is 2. The first kappa shape index (κ1) is 45.3. The molecule has 0 aliphatic carbocycles. The van der Waals surface area contributed by atoms with Crippen LogP contribution in [0, 0.1) is 20.8 Å². The lowest BCUT2D eigenvalue weighted by Crippen LogP contribution is -2.33. The van der Waals surface area contributed by atoms with Gasteiger partial charge >= 0.3 is 12.0 Å². The summed E-state index contributed by atoms with van der Waals surface area (Å²) in [6.45, 7) is 7.90. The van der Waals surface area contributed by atoms with Crippen LogP contribution in [0.25, 0.3) is 33.9 Å². The van der Waals surface area contributed by atoms with E-state index >= 15 is 0 Å². The van der Waals surface area contributed by atoms with E-state index in [0.29, 0.717) is 29.2 Å². The number of hydrogen-bond acceptors (Lipinski definition) is 19. The van der Waals surface area contributed by atoms with Gasteiger partial charge in [0.05, 0.1) is 46.6 Å². The first-order chi connectivity index (χ1) is 32.0. The number of aromatic nitrogens is 10. The van der Waals surface area contributed by atoms with Crippen LogP contribution in [0.2, 0.25) is 5.28 Å². The summed E-state index contributed by atoms with van der Waals surface area (Å²) in [4.78, 5) is 13.3. The number of nitrogen functional groups attached to an aromatic ring is 1. The molecule has 8 aromatic rings.